The number of anilines is 1. The van der Waals surface area contributed by atoms with Gasteiger partial charge in [-0.3, -0.25) is 14.5 Å². The van der Waals surface area contributed by atoms with Gasteiger partial charge in [0.2, 0.25) is 0 Å². The fraction of sp³-hybridized carbons (Fsp3) is 0.0800. The van der Waals surface area contributed by atoms with Crippen LogP contribution >= 0.6 is 11.3 Å². The molecule has 0 saturated heterocycles. The van der Waals surface area contributed by atoms with Gasteiger partial charge in [-0.05, 0) is 42.0 Å². The number of ether oxygens (including phenoxy) is 1. The molecule has 2 N–H and O–H groups in total. The number of amides is 2. The van der Waals surface area contributed by atoms with Crippen molar-refractivity contribution < 1.29 is 18.7 Å². The van der Waals surface area contributed by atoms with Gasteiger partial charge in [0.05, 0.1) is 17.8 Å². The fourth-order valence-corrected chi connectivity index (χ4v) is 4.03. The van der Waals surface area contributed by atoms with Crippen LogP contribution in [0.25, 0.3) is 11.3 Å². The number of carbonyl (C=O) groups excluding carboxylic acids is 2. The summed E-state index contributed by atoms with van der Waals surface area (Å²) in [6.07, 6.45) is 0. The van der Waals surface area contributed by atoms with E-state index in [2.05, 4.69) is 4.98 Å². The van der Waals surface area contributed by atoms with Crippen LogP contribution in [-0.2, 0) is 11.3 Å². The van der Waals surface area contributed by atoms with Crippen LogP contribution in [0.15, 0.2) is 84.2 Å². The third-order valence-electron chi connectivity index (χ3n) is 4.85. The maximum Gasteiger partial charge on any atom is 0.267 e. The lowest BCUT2D eigenvalue weighted by molar-refractivity contribution is -0.120. The molecule has 6 nitrogen and oxygen atoms in total. The zero-order valence-electron chi connectivity index (χ0n) is 17.5. The first kappa shape index (κ1) is 22.2. The molecule has 1 heterocycles. The van der Waals surface area contributed by atoms with Gasteiger partial charge in [0.1, 0.15) is 11.6 Å². The van der Waals surface area contributed by atoms with Crippen molar-refractivity contribution in [3.63, 3.8) is 0 Å². The molecule has 4 aromatic rings. The molecule has 2 amide bonds. The SMILES string of the molecule is NC(=O)c1ccccc1OCC(=O)N(Cc1ccccc1)c1nc(-c2ccc(F)cc2)cs1. The van der Waals surface area contributed by atoms with Gasteiger partial charge < -0.3 is 10.5 Å². The molecule has 0 unspecified atom stereocenters. The summed E-state index contributed by atoms with van der Waals surface area (Å²) in [6, 6.07) is 22.0. The molecular formula is C25H20FN3O3S. The number of nitrogens with two attached hydrogens (primary N) is 1. The van der Waals surface area contributed by atoms with Gasteiger partial charge in [0.15, 0.2) is 11.7 Å². The Balaban J connectivity index is 1.58. The number of rotatable bonds is 8. The van der Waals surface area contributed by atoms with Gasteiger partial charge in [0, 0.05) is 10.9 Å². The first-order valence-electron chi connectivity index (χ1n) is 10.1. The Morgan fingerprint density at radius 1 is 0.970 bits per heavy atom. The Bertz CT molecular complexity index is 1260. The Hall–Kier alpha value is -4.04. The van der Waals surface area contributed by atoms with Gasteiger partial charge in [-0.25, -0.2) is 9.37 Å². The van der Waals surface area contributed by atoms with Crippen molar-refractivity contribution in [3.05, 3.63) is 101 Å². The van der Waals surface area contributed by atoms with Crippen molar-refractivity contribution in [1.82, 2.24) is 4.98 Å². The monoisotopic (exact) mass is 461 g/mol. The first-order chi connectivity index (χ1) is 16.0. The van der Waals surface area contributed by atoms with E-state index in [9.17, 15) is 14.0 Å². The Morgan fingerprint density at radius 3 is 2.39 bits per heavy atom. The van der Waals surface area contributed by atoms with Crippen LogP contribution in [-0.4, -0.2) is 23.4 Å². The van der Waals surface area contributed by atoms with E-state index in [4.69, 9.17) is 10.5 Å². The van der Waals surface area contributed by atoms with E-state index in [0.29, 0.717) is 10.8 Å². The van der Waals surface area contributed by atoms with Crippen LogP contribution in [0.5, 0.6) is 5.75 Å². The zero-order chi connectivity index (χ0) is 23.2. The lowest BCUT2D eigenvalue weighted by atomic mass is 10.2. The number of para-hydroxylation sites is 1. The molecule has 3 aromatic carbocycles. The summed E-state index contributed by atoms with van der Waals surface area (Å²) < 4.78 is 18.9. The molecule has 1 aromatic heterocycles. The highest BCUT2D eigenvalue weighted by molar-refractivity contribution is 7.14. The number of halogens is 1. The van der Waals surface area contributed by atoms with Gasteiger partial charge in [0.25, 0.3) is 11.8 Å². The second kappa shape index (κ2) is 10.1. The van der Waals surface area contributed by atoms with E-state index in [1.54, 1.807) is 36.4 Å². The number of primary amides is 1. The average molecular weight is 462 g/mol. The van der Waals surface area contributed by atoms with E-state index in [1.165, 1.54) is 28.4 Å². The van der Waals surface area contributed by atoms with Crippen molar-refractivity contribution in [2.45, 2.75) is 6.54 Å². The highest BCUT2D eigenvalue weighted by Gasteiger charge is 2.21. The number of thiazole rings is 1. The van der Waals surface area contributed by atoms with E-state index < -0.39 is 5.91 Å². The quantitative estimate of drug-likeness (QED) is 0.414. The summed E-state index contributed by atoms with van der Waals surface area (Å²) in [5, 5.41) is 2.30. The standard InChI is InChI=1S/C25H20FN3O3S/c26-19-12-10-18(11-13-19)21-16-33-25(28-21)29(14-17-6-2-1-3-7-17)23(30)15-32-22-9-5-4-8-20(22)24(27)31/h1-13,16H,14-15H2,(H2,27,31). The molecule has 0 bridgehead atoms. The van der Waals surface area contributed by atoms with Crippen molar-refractivity contribution >= 4 is 28.3 Å². The van der Waals surface area contributed by atoms with E-state index >= 15 is 0 Å². The number of nitrogens with zero attached hydrogens (tertiary/aromatic N) is 2. The molecule has 0 aliphatic heterocycles. The largest absolute Gasteiger partial charge is 0.483 e. The van der Waals surface area contributed by atoms with Crippen LogP contribution in [0.2, 0.25) is 0 Å². The molecule has 8 heteroatoms. The van der Waals surface area contributed by atoms with Gasteiger partial charge in [-0.15, -0.1) is 11.3 Å². The molecule has 0 aliphatic carbocycles. The number of hydrogen-bond acceptors (Lipinski definition) is 5. The molecule has 0 atom stereocenters. The maximum atomic E-state index is 13.3. The van der Waals surface area contributed by atoms with Crippen molar-refractivity contribution in [2.24, 2.45) is 5.73 Å². The van der Waals surface area contributed by atoms with E-state index in [1.807, 2.05) is 35.7 Å². The number of hydrogen-bond donors (Lipinski definition) is 1. The topological polar surface area (TPSA) is 85.5 Å². The summed E-state index contributed by atoms with van der Waals surface area (Å²) in [5.74, 6) is -1.06. The first-order valence-corrected chi connectivity index (χ1v) is 11.0. The Labute approximate surface area is 194 Å². The highest BCUT2D eigenvalue weighted by atomic mass is 32.1. The molecule has 0 fully saturated rings. The van der Waals surface area contributed by atoms with E-state index in [-0.39, 0.29) is 36.2 Å². The average Bonchev–Trinajstić information content (AvgIpc) is 3.32. The van der Waals surface area contributed by atoms with Crippen molar-refractivity contribution in [2.75, 3.05) is 11.5 Å². The van der Waals surface area contributed by atoms with Crippen LogP contribution < -0.4 is 15.4 Å². The minimum Gasteiger partial charge on any atom is -0.483 e. The van der Waals surface area contributed by atoms with Crippen LogP contribution in [0, 0.1) is 5.82 Å². The summed E-state index contributed by atoms with van der Waals surface area (Å²) in [7, 11) is 0. The van der Waals surface area contributed by atoms with Crippen LogP contribution in [0.3, 0.4) is 0 Å². The summed E-state index contributed by atoms with van der Waals surface area (Å²) >= 11 is 1.30. The number of benzene rings is 3. The predicted molar refractivity (Wildman–Crippen MR) is 126 cm³/mol. The summed E-state index contributed by atoms with van der Waals surface area (Å²) in [6.45, 7) is -0.0144. The minimum absolute atomic E-state index is 0.202. The van der Waals surface area contributed by atoms with Crippen LogP contribution in [0.1, 0.15) is 15.9 Å². The molecule has 4 rings (SSSR count). The van der Waals surface area contributed by atoms with Gasteiger partial charge >= 0.3 is 0 Å². The van der Waals surface area contributed by atoms with Crippen LogP contribution in [0.4, 0.5) is 9.52 Å². The van der Waals surface area contributed by atoms with Crippen molar-refractivity contribution in [1.29, 1.82) is 0 Å². The number of carbonyl (C=O) groups is 2. The smallest absolute Gasteiger partial charge is 0.267 e. The lowest BCUT2D eigenvalue weighted by Gasteiger charge is -2.20. The molecule has 0 saturated carbocycles. The fourth-order valence-electron chi connectivity index (χ4n) is 3.18. The third-order valence-corrected chi connectivity index (χ3v) is 5.71. The predicted octanol–water partition coefficient (Wildman–Crippen LogP) is 4.66. The number of aromatic nitrogens is 1. The molecule has 0 aliphatic rings. The molecule has 33 heavy (non-hydrogen) atoms. The highest BCUT2D eigenvalue weighted by Crippen LogP contribution is 2.29. The summed E-state index contributed by atoms with van der Waals surface area (Å²) in [4.78, 5) is 31.0. The Morgan fingerprint density at radius 2 is 1.67 bits per heavy atom. The third kappa shape index (κ3) is 5.42. The molecule has 0 radical (unpaired) electrons. The Kier molecular flexibility index (Phi) is 6.75. The summed E-state index contributed by atoms with van der Waals surface area (Å²) in [5.41, 5.74) is 7.90. The van der Waals surface area contributed by atoms with Crippen molar-refractivity contribution in [3.8, 4) is 17.0 Å². The lowest BCUT2D eigenvalue weighted by Crippen LogP contribution is -2.34. The maximum absolute atomic E-state index is 13.3. The molecule has 0 spiro atoms. The molecule has 166 valence electrons. The van der Waals surface area contributed by atoms with E-state index in [0.717, 1.165) is 11.1 Å². The van der Waals surface area contributed by atoms with Gasteiger partial charge in [-0.1, -0.05) is 42.5 Å². The molecular weight excluding hydrogens is 441 g/mol. The zero-order valence-corrected chi connectivity index (χ0v) is 18.3. The minimum atomic E-state index is -0.636. The normalized spacial score (nSPS) is 10.6. The van der Waals surface area contributed by atoms with Gasteiger partial charge in [-0.2, -0.15) is 0 Å². The second-order valence-electron chi connectivity index (χ2n) is 7.14. The second-order valence-corrected chi connectivity index (χ2v) is 7.97.